The highest BCUT2D eigenvalue weighted by Crippen LogP contribution is 2.39. The Bertz CT molecular complexity index is 2490. The van der Waals surface area contributed by atoms with E-state index in [0.29, 0.717) is 88.8 Å². The Labute approximate surface area is 308 Å². The van der Waals surface area contributed by atoms with Crippen LogP contribution in [0.2, 0.25) is 0 Å². The number of ether oxygens (including phenoxy) is 2. The van der Waals surface area contributed by atoms with Crippen molar-refractivity contribution in [1.29, 1.82) is 0 Å². The summed E-state index contributed by atoms with van der Waals surface area (Å²) in [6.07, 6.45) is 1.05. The number of imidazole rings is 2. The average molecular weight is 737 g/mol. The van der Waals surface area contributed by atoms with Crippen LogP contribution in [-0.4, -0.2) is 76.0 Å². The van der Waals surface area contributed by atoms with Crippen molar-refractivity contribution in [2.75, 3.05) is 24.4 Å². The minimum Gasteiger partial charge on any atom is -0.494 e. The molecule has 280 valence electrons. The van der Waals surface area contributed by atoms with Crippen LogP contribution >= 0.6 is 0 Å². The number of rotatable bonds is 13. The highest BCUT2D eigenvalue weighted by atomic mass is 16.5. The first-order valence-corrected chi connectivity index (χ1v) is 17.5. The zero-order valence-electron chi connectivity index (χ0n) is 30.5. The van der Waals surface area contributed by atoms with Gasteiger partial charge in [-0.2, -0.15) is 10.2 Å². The van der Waals surface area contributed by atoms with Gasteiger partial charge in [0.1, 0.15) is 40.5 Å². The van der Waals surface area contributed by atoms with Crippen LogP contribution in [0.1, 0.15) is 85.8 Å². The smallest absolute Gasteiger partial charge is 0.276 e. The van der Waals surface area contributed by atoms with Crippen molar-refractivity contribution in [2.24, 2.45) is 11.5 Å². The number of aryl methyl sites for hydroxylation is 5. The molecule has 0 unspecified atom stereocenters. The summed E-state index contributed by atoms with van der Waals surface area (Å²) >= 11 is 0. The fourth-order valence-electron chi connectivity index (χ4n) is 6.96. The number of anilines is 2. The Morgan fingerprint density at radius 2 is 1.37 bits per heavy atom. The SMILES string of the molecule is CCn1nc(C)cc1C(=O)Nc1nc2cc(C(N)=O)cc(OC)c2n1CCC[C@H]1COc2cc(C(N)=O)cc3nc(NC(=O)c4cc(C)nn4CC)n1c23. The van der Waals surface area contributed by atoms with Crippen molar-refractivity contribution >= 4 is 57.6 Å². The van der Waals surface area contributed by atoms with Crippen molar-refractivity contribution in [3.8, 4) is 11.5 Å². The maximum absolute atomic E-state index is 13.6. The number of carbonyl (C=O) groups excluding carboxylic acids is 4. The molecule has 4 aromatic heterocycles. The highest BCUT2D eigenvalue weighted by molar-refractivity contribution is 6.05. The minimum absolute atomic E-state index is 0.204. The van der Waals surface area contributed by atoms with E-state index in [0.717, 1.165) is 0 Å². The van der Waals surface area contributed by atoms with Crippen molar-refractivity contribution in [3.63, 3.8) is 0 Å². The molecule has 1 atom stereocenters. The van der Waals surface area contributed by atoms with E-state index in [-0.39, 0.29) is 35.7 Å². The molecule has 18 nitrogen and oxygen atoms in total. The molecule has 18 heteroatoms. The molecule has 0 radical (unpaired) electrons. The molecule has 2 aromatic carbocycles. The number of aromatic nitrogens is 8. The van der Waals surface area contributed by atoms with Gasteiger partial charge in [-0.1, -0.05) is 0 Å². The van der Waals surface area contributed by atoms with Crippen LogP contribution in [0, 0.1) is 13.8 Å². The number of benzene rings is 2. The van der Waals surface area contributed by atoms with Crippen molar-refractivity contribution < 1.29 is 28.7 Å². The first-order valence-electron chi connectivity index (χ1n) is 17.5. The Balaban J connectivity index is 1.23. The molecule has 5 heterocycles. The Morgan fingerprint density at radius 1 is 0.815 bits per heavy atom. The van der Waals surface area contributed by atoms with Crippen LogP contribution in [0.5, 0.6) is 11.5 Å². The molecular formula is C36H40N12O6. The Hall–Kier alpha value is -6.72. The molecule has 0 saturated carbocycles. The van der Waals surface area contributed by atoms with Crippen LogP contribution in [0.15, 0.2) is 36.4 Å². The quantitative estimate of drug-likeness (QED) is 0.135. The number of carbonyl (C=O) groups is 4. The molecule has 54 heavy (non-hydrogen) atoms. The standard InChI is InChI=1S/C36H40N12O6/c1-6-46-25(11-18(3)43-46)33(51)41-35-39-23-13-20(31(37)49)15-27(53-5)29(23)45(35)10-8-9-22-17-54-28-16-21(32(38)50)14-24-30(28)48(22)36(40-24)42-34(52)26-12-19(4)44-47(26)7-2/h11-16,22H,6-10,17H2,1-5H3,(H2,37,49)(H2,38,50)(H,39,41,51)(H,40,42,52)/t22-/m0/s1. The fraction of sp³-hybridized carbons (Fsp3) is 0.333. The lowest BCUT2D eigenvalue weighted by atomic mass is 10.1. The number of fused-ring (bicyclic) bond motifs is 1. The highest BCUT2D eigenvalue weighted by Gasteiger charge is 2.30. The lowest BCUT2D eigenvalue weighted by molar-refractivity contribution is 0.0991. The third-order valence-corrected chi connectivity index (χ3v) is 9.38. The Kier molecular flexibility index (Phi) is 9.26. The van der Waals surface area contributed by atoms with Gasteiger partial charge in [-0.25, -0.2) is 9.97 Å². The number of hydrogen-bond acceptors (Lipinski definition) is 10. The van der Waals surface area contributed by atoms with Crippen LogP contribution < -0.4 is 31.6 Å². The van der Waals surface area contributed by atoms with Gasteiger partial charge in [0, 0.05) is 30.8 Å². The minimum atomic E-state index is -0.651. The summed E-state index contributed by atoms with van der Waals surface area (Å²) in [4.78, 5) is 61.0. The van der Waals surface area contributed by atoms with Gasteiger partial charge in [0.2, 0.25) is 23.7 Å². The van der Waals surface area contributed by atoms with E-state index >= 15 is 0 Å². The normalized spacial score (nSPS) is 13.6. The summed E-state index contributed by atoms with van der Waals surface area (Å²) < 4.78 is 18.8. The van der Waals surface area contributed by atoms with Crippen LogP contribution in [0.4, 0.5) is 11.9 Å². The molecule has 0 saturated heterocycles. The average Bonchev–Trinajstić information content (AvgIpc) is 3.91. The number of methoxy groups -OCH3 is 1. The zero-order chi connectivity index (χ0) is 38.4. The van der Waals surface area contributed by atoms with Crippen LogP contribution in [0.3, 0.4) is 0 Å². The first-order chi connectivity index (χ1) is 25.9. The van der Waals surface area contributed by atoms with Crippen molar-refractivity contribution in [3.05, 3.63) is 70.3 Å². The van der Waals surface area contributed by atoms with Gasteiger partial charge in [-0.3, -0.25) is 39.2 Å². The van der Waals surface area contributed by atoms with Gasteiger partial charge in [-0.05, 0) is 76.9 Å². The van der Waals surface area contributed by atoms with E-state index in [1.165, 1.54) is 7.11 Å². The molecule has 0 spiro atoms. The number of primary amides is 2. The number of nitrogens with two attached hydrogens (primary N) is 2. The first kappa shape index (κ1) is 35.7. The van der Waals surface area contributed by atoms with Crippen LogP contribution in [-0.2, 0) is 19.6 Å². The molecule has 1 aliphatic heterocycles. The number of amides is 4. The van der Waals surface area contributed by atoms with E-state index in [1.54, 1.807) is 45.8 Å². The predicted octanol–water partition coefficient (Wildman–Crippen LogP) is 3.56. The maximum atomic E-state index is 13.6. The third kappa shape index (κ3) is 6.35. The van der Waals surface area contributed by atoms with Gasteiger partial charge in [0.15, 0.2) is 0 Å². The van der Waals surface area contributed by atoms with Crippen molar-refractivity contribution in [2.45, 2.75) is 66.2 Å². The van der Waals surface area contributed by atoms with E-state index in [9.17, 15) is 19.2 Å². The van der Waals surface area contributed by atoms with E-state index in [1.807, 2.05) is 36.8 Å². The Morgan fingerprint density at radius 3 is 1.94 bits per heavy atom. The molecule has 4 amide bonds. The van der Waals surface area contributed by atoms with Gasteiger partial charge in [0.05, 0.1) is 35.6 Å². The second-order valence-electron chi connectivity index (χ2n) is 13.0. The summed E-state index contributed by atoms with van der Waals surface area (Å²) in [5.74, 6) is -0.797. The van der Waals surface area contributed by atoms with Gasteiger partial charge < -0.3 is 30.1 Å². The predicted molar refractivity (Wildman–Crippen MR) is 198 cm³/mol. The van der Waals surface area contributed by atoms with E-state index < -0.39 is 23.6 Å². The summed E-state index contributed by atoms with van der Waals surface area (Å²) in [5, 5.41) is 14.7. The molecule has 1 aliphatic rings. The third-order valence-electron chi connectivity index (χ3n) is 9.38. The van der Waals surface area contributed by atoms with E-state index in [2.05, 4.69) is 20.8 Å². The summed E-state index contributed by atoms with van der Waals surface area (Å²) in [5.41, 5.74) is 15.8. The second-order valence-corrected chi connectivity index (χ2v) is 13.0. The number of nitrogens with zero attached hydrogens (tertiary/aromatic N) is 8. The zero-order valence-corrected chi connectivity index (χ0v) is 30.5. The summed E-state index contributed by atoms with van der Waals surface area (Å²) in [7, 11) is 1.48. The molecule has 6 aromatic rings. The molecule has 0 fully saturated rings. The van der Waals surface area contributed by atoms with Crippen molar-refractivity contribution in [1.82, 2.24) is 38.7 Å². The van der Waals surface area contributed by atoms with Gasteiger partial charge in [-0.15, -0.1) is 0 Å². The molecule has 7 rings (SSSR count). The summed E-state index contributed by atoms with van der Waals surface area (Å²) in [6, 6.07) is 9.34. The van der Waals surface area contributed by atoms with Gasteiger partial charge >= 0.3 is 0 Å². The lowest BCUT2D eigenvalue weighted by Gasteiger charge is -2.27. The maximum Gasteiger partial charge on any atom is 0.276 e. The number of nitrogens with one attached hydrogen (secondary N) is 2. The monoisotopic (exact) mass is 736 g/mol. The molecule has 6 N–H and O–H groups in total. The molecule has 0 bridgehead atoms. The largest absolute Gasteiger partial charge is 0.494 e. The second kappa shape index (κ2) is 14.0. The van der Waals surface area contributed by atoms with E-state index in [4.69, 9.17) is 30.9 Å². The topological polar surface area (TPSA) is 234 Å². The number of hydrogen-bond donors (Lipinski definition) is 4. The van der Waals surface area contributed by atoms with Crippen LogP contribution in [0.25, 0.3) is 22.1 Å². The fourth-order valence-corrected chi connectivity index (χ4v) is 6.96. The molecule has 0 aliphatic carbocycles. The summed E-state index contributed by atoms with van der Waals surface area (Å²) in [6.45, 7) is 8.96. The van der Waals surface area contributed by atoms with Gasteiger partial charge in [0.25, 0.3) is 11.8 Å². The lowest BCUT2D eigenvalue weighted by Crippen LogP contribution is -2.26. The molecular weight excluding hydrogens is 696 g/mol.